The second-order valence-corrected chi connectivity index (χ2v) is 7.79. The number of hydrogen-bond donors (Lipinski definition) is 3. The Labute approximate surface area is 152 Å². The lowest BCUT2D eigenvalue weighted by molar-refractivity contribution is -0.133. The molecule has 0 fully saturated rings. The number of carbonyl (C=O) groups is 1. The average Bonchev–Trinajstić information content (AvgIpc) is 2.56. The van der Waals surface area contributed by atoms with Crippen molar-refractivity contribution in [1.82, 2.24) is 4.90 Å². The molecule has 0 spiro atoms. The third-order valence-corrected chi connectivity index (χ3v) is 4.60. The van der Waals surface area contributed by atoms with Gasteiger partial charge in [0.25, 0.3) is 0 Å². The summed E-state index contributed by atoms with van der Waals surface area (Å²) in [6.45, 7) is 5.13. The number of rotatable bonds is 16. The van der Waals surface area contributed by atoms with Crippen molar-refractivity contribution in [3.63, 3.8) is 0 Å². The van der Waals surface area contributed by atoms with Gasteiger partial charge < -0.3 is 20.4 Å². The maximum atomic E-state index is 12.5. The number of phosphoric acid groups is 1. The topological polar surface area (TPSA) is 113 Å². The van der Waals surface area contributed by atoms with Crippen molar-refractivity contribution in [3.05, 3.63) is 0 Å². The maximum absolute atomic E-state index is 12.5. The molecule has 0 aromatic heterocycles. The van der Waals surface area contributed by atoms with Gasteiger partial charge in [-0.05, 0) is 12.8 Å². The Morgan fingerprint density at radius 1 is 0.960 bits per heavy atom. The van der Waals surface area contributed by atoms with E-state index < -0.39 is 20.5 Å². The second-order valence-electron chi connectivity index (χ2n) is 6.55. The highest BCUT2D eigenvalue weighted by molar-refractivity contribution is 7.46. The third-order valence-electron chi connectivity index (χ3n) is 4.11. The highest BCUT2D eigenvalue weighted by atomic mass is 31.2. The Hall–Kier alpha value is -0.460. The molecule has 0 saturated carbocycles. The van der Waals surface area contributed by atoms with E-state index in [1.807, 2.05) is 0 Å². The first kappa shape index (κ1) is 24.5. The largest absolute Gasteiger partial charge is 0.469 e. The van der Waals surface area contributed by atoms with Gasteiger partial charge in [-0.2, -0.15) is 0 Å². The Balaban J connectivity index is 4.40. The summed E-state index contributed by atoms with van der Waals surface area (Å²) in [6.07, 6.45) is 11.0. The zero-order valence-electron chi connectivity index (χ0n) is 15.9. The zero-order chi connectivity index (χ0) is 19.1. The second kappa shape index (κ2) is 14.7. The summed E-state index contributed by atoms with van der Waals surface area (Å²) in [5.74, 6) is -0.292. The van der Waals surface area contributed by atoms with E-state index in [0.29, 0.717) is 13.1 Å². The smallest absolute Gasteiger partial charge is 0.341 e. The molecule has 0 saturated heterocycles. The fourth-order valence-corrected chi connectivity index (χ4v) is 2.98. The number of carbonyl (C=O) groups excluding carboxylic acids is 1. The van der Waals surface area contributed by atoms with Crippen LogP contribution in [-0.2, 0) is 13.9 Å². The van der Waals surface area contributed by atoms with Crippen molar-refractivity contribution in [2.24, 2.45) is 5.73 Å². The quantitative estimate of drug-likeness (QED) is 0.280. The van der Waals surface area contributed by atoms with E-state index >= 15 is 0 Å². The van der Waals surface area contributed by atoms with Gasteiger partial charge in [0, 0.05) is 13.1 Å². The zero-order valence-corrected chi connectivity index (χ0v) is 16.8. The van der Waals surface area contributed by atoms with Gasteiger partial charge in [0.05, 0.1) is 6.61 Å². The van der Waals surface area contributed by atoms with E-state index in [1.54, 1.807) is 4.90 Å². The van der Waals surface area contributed by atoms with E-state index in [0.717, 1.165) is 38.5 Å². The molecule has 4 N–H and O–H groups in total. The first-order chi connectivity index (χ1) is 11.8. The Kier molecular flexibility index (Phi) is 14.4. The molecule has 0 bridgehead atoms. The van der Waals surface area contributed by atoms with Crippen molar-refractivity contribution in [1.29, 1.82) is 0 Å². The summed E-state index contributed by atoms with van der Waals surface area (Å²) in [4.78, 5) is 31.7. The minimum atomic E-state index is -4.61. The van der Waals surface area contributed by atoms with Crippen LogP contribution in [-0.4, -0.2) is 46.3 Å². The molecule has 0 aromatic carbocycles. The number of nitrogens with two attached hydrogens (primary N) is 1. The fraction of sp³-hybridized carbons (Fsp3) is 0.941. The normalized spacial score (nSPS) is 13.0. The summed E-state index contributed by atoms with van der Waals surface area (Å²) in [6, 6.07) is -1.04. The molecule has 150 valence electrons. The third kappa shape index (κ3) is 14.4. The molecule has 25 heavy (non-hydrogen) atoms. The maximum Gasteiger partial charge on any atom is 0.469 e. The van der Waals surface area contributed by atoms with Crippen LogP contribution < -0.4 is 5.73 Å². The summed E-state index contributed by atoms with van der Waals surface area (Å²) in [7, 11) is -4.61. The molecule has 0 unspecified atom stereocenters. The summed E-state index contributed by atoms with van der Waals surface area (Å²) < 4.78 is 15.1. The molecule has 0 radical (unpaired) electrons. The van der Waals surface area contributed by atoms with Gasteiger partial charge in [0.15, 0.2) is 0 Å². The molecule has 0 heterocycles. The lowest BCUT2D eigenvalue weighted by Gasteiger charge is -2.26. The number of nitrogens with zero attached hydrogens (tertiary/aromatic N) is 1. The van der Waals surface area contributed by atoms with Crippen molar-refractivity contribution in [3.8, 4) is 0 Å². The van der Waals surface area contributed by atoms with Crippen LogP contribution in [0.1, 0.15) is 78.1 Å². The van der Waals surface area contributed by atoms with E-state index in [9.17, 15) is 9.36 Å². The first-order valence-corrected chi connectivity index (χ1v) is 11.1. The molecule has 7 nitrogen and oxygen atoms in total. The molecule has 0 aliphatic heterocycles. The van der Waals surface area contributed by atoms with Crippen molar-refractivity contribution in [2.45, 2.75) is 84.1 Å². The van der Waals surface area contributed by atoms with Gasteiger partial charge in [-0.25, -0.2) is 4.57 Å². The van der Waals surface area contributed by atoms with Crippen LogP contribution in [0.15, 0.2) is 0 Å². The van der Waals surface area contributed by atoms with Crippen LogP contribution in [0.5, 0.6) is 0 Å². The Morgan fingerprint density at radius 3 is 1.80 bits per heavy atom. The standard InChI is InChI=1S/C17H37N2O5P/c1-3-5-7-9-11-13-19(14-12-10-8-6-4-2)17(20)16(18)15-24-25(21,22)23/h16H,3-15,18H2,1-2H3,(H2,21,22,23)/t16-/m1/s1. The number of unbranched alkanes of at least 4 members (excludes halogenated alkanes) is 8. The van der Waals surface area contributed by atoms with Gasteiger partial charge in [-0.15, -0.1) is 0 Å². The molecule has 8 heteroatoms. The molecule has 1 amide bonds. The minimum absolute atomic E-state index is 0.292. The number of phosphoric ester groups is 1. The molecule has 0 aromatic rings. The monoisotopic (exact) mass is 380 g/mol. The summed E-state index contributed by atoms with van der Waals surface area (Å²) >= 11 is 0. The SMILES string of the molecule is CCCCCCCN(CCCCCCC)C(=O)[C@H](N)COP(=O)(O)O. The highest BCUT2D eigenvalue weighted by Crippen LogP contribution is 2.35. The van der Waals surface area contributed by atoms with Gasteiger partial charge >= 0.3 is 7.82 Å². The molecular formula is C17H37N2O5P. The van der Waals surface area contributed by atoms with Crippen LogP contribution >= 0.6 is 7.82 Å². The van der Waals surface area contributed by atoms with Crippen molar-refractivity contribution >= 4 is 13.7 Å². The fourth-order valence-electron chi connectivity index (χ4n) is 2.63. The molecule has 0 aliphatic carbocycles. The van der Waals surface area contributed by atoms with Crippen LogP contribution in [0.4, 0.5) is 0 Å². The van der Waals surface area contributed by atoms with E-state index in [1.165, 1.54) is 25.7 Å². The van der Waals surface area contributed by atoms with Crippen molar-refractivity contribution < 1.29 is 23.7 Å². The van der Waals surface area contributed by atoms with E-state index in [4.69, 9.17) is 15.5 Å². The van der Waals surface area contributed by atoms with Crippen molar-refractivity contribution in [2.75, 3.05) is 19.7 Å². The van der Waals surface area contributed by atoms with Gasteiger partial charge in [0.2, 0.25) is 5.91 Å². The summed E-state index contributed by atoms with van der Waals surface area (Å²) in [5, 5.41) is 0. The van der Waals surface area contributed by atoms with Crippen LogP contribution in [0.2, 0.25) is 0 Å². The van der Waals surface area contributed by atoms with Crippen LogP contribution in [0.3, 0.4) is 0 Å². The van der Waals surface area contributed by atoms with Gasteiger partial charge in [-0.1, -0.05) is 65.2 Å². The molecular weight excluding hydrogens is 343 g/mol. The number of amides is 1. The predicted molar refractivity (Wildman–Crippen MR) is 100 cm³/mol. The molecule has 1 atom stereocenters. The van der Waals surface area contributed by atoms with E-state index in [2.05, 4.69) is 18.4 Å². The van der Waals surface area contributed by atoms with Gasteiger partial charge in [0.1, 0.15) is 6.04 Å². The summed E-state index contributed by atoms with van der Waals surface area (Å²) in [5.41, 5.74) is 5.77. The van der Waals surface area contributed by atoms with Crippen LogP contribution in [0.25, 0.3) is 0 Å². The number of hydrogen-bond acceptors (Lipinski definition) is 4. The van der Waals surface area contributed by atoms with Crippen LogP contribution in [0, 0.1) is 0 Å². The lowest BCUT2D eigenvalue weighted by atomic mass is 10.1. The molecule has 0 rings (SSSR count). The average molecular weight is 380 g/mol. The molecule has 0 aliphatic rings. The Morgan fingerprint density at radius 2 is 1.40 bits per heavy atom. The minimum Gasteiger partial charge on any atom is -0.341 e. The highest BCUT2D eigenvalue weighted by Gasteiger charge is 2.24. The lowest BCUT2D eigenvalue weighted by Crippen LogP contribution is -2.46. The predicted octanol–water partition coefficient (Wildman–Crippen LogP) is 3.19. The Bertz CT molecular complexity index is 375. The first-order valence-electron chi connectivity index (χ1n) is 9.56. The van der Waals surface area contributed by atoms with E-state index in [-0.39, 0.29) is 5.91 Å². The van der Waals surface area contributed by atoms with Gasteiger partial charge in [-0.3, -0.25) is 9.32 Å².